The Kier molecular flexibility index (Phi) is 4.80. The van der Waals surface area contributed by atoms with Gasteiger partial charge in [-0.15, -0.1) is 0 Å². The first-order valence-electron chi connectivity index (χ1n) is 8.69. The van der Waals surface area contributed by atoms with Crippen LogP contribution >= 0.6 is 12.2 Å². The van der Waals surface area contributed by atoms with Crippen LogP contribution in [0, 0.1) is 0 Å². The van der Waals surface area contributed by atoms with Crippen molar-refractivity contribution in [3.8, 4) is 5.75 Å². The third-order valence-electron chi connectivity index (χ3n) is 4.02. The van der Waals surface area contributed by atoms with Crippen molar-refractivity contribution in [2.24, 2.45) is 0 Å². The van der Waals surface area contributed by atoms with Crippen molar-refractivity contribution in [1.29, 1.82) is 0 Å². The third-order valence-corrected chi connectivity index (χ3v) is 4.22. The predicted molar refractivity (Wildman–Crippen MR) is 114 cm³/mol. The number of thiocarbonyl (C=S) groups is 1. The Morgan fingerprint density at radius 3 is 2.11 bits per heavy atom. The number of hydrogen-bond acceptors (Lipinski definition) is 4. The lowest BCUT2D eigenvalue weighted by atomic mass is 10.2. The number of para-hydroxylation sites is 2. The smallest absolute Gasteiger partial charge is 0.175 e. The zero-order chi connectivity index (χ0) is 18.6. The lowest BCUT2D eigenvalue weighted by Crippen LogP contribution is -2.19. The monoisotopic (exact) mass is 374 g/mol. The molecule has 4 aromatic rings. The quantitative estimate of drug-likeness (QED) is 0.388. The van der Waals surface area contributed by atoms with Gasteiger partial charge in [-0.3, -0.25) is 0 Å². The number of nitrogens with zero attached hydrogens (tertiary/aromatic N) is 2. The molecule has 0 amide bonds. The molecule has 0 bridgehead atoms. The number of fused-ring (bicyclic) bond motifs is 2. The molecular weight excluding hydrogens is 356 g/mol. The van der Waals surface area contributed by atoms with E-state index in [9.17, 15) is 0 Å². The average molecular weight is 374 g/mol. The van der Waals surface area contributed by atoms with Crippen molar-refractivity contribution in [1.82, 2.24) is 9.97 Å². The van der Waals surface area contributed by atoms with Crippen LogP contribution in [0.1, 0.15) is 6.92 Å². The fourth-order valence-corrected chi connectivity index (χ4v) is 3.03. The first kappa shape index (κ1) is 17.2. The number of ether oxygens (including phenoxy) is 1. The van der Waals surface area contributed by atoms with E-state index in [1.54, 1.807) is 0 Å². The summed E-state index contributed by atoms with van der Waals surface area (Å²) in [6.45, 7) is 2.61. The molecule has 2 N–H and O–H groups in total. The van der Waals surface area contributed by atoms with E-state index in [4.69, 9.17) is 17.0 Å². The Morgan fingerprint density at radius 1 is 0.815 bits per heavy atom. The molecule has 134 valence electrons. The number of anilines is 2. The topological polar surface area (TPSA) is 59.1 Å². The van der Waals surface area contributed by atoms with E-state index in [2.05, 4.69) is 20.6 Å². The number of aromatic nitrogens is 2. The highest BCUT2D eigenvalue weighted by Gasteiger charge is 2.04. The molecule has 0 spiro atoms. The summed E-state index contributed by atoms with van der Waals surface area (Å²) in [7, 11) is 0. The Hall–Kier alpha value is -3.25. The molecule has 0 aliphatic carbocycles. The van der Waals surface area contributed by atoms with Crippen LogP contribution in [0.15, 0.2) is 66.7 Å². The molecule has 3 aromatic carbocycles. The van der Waals surface area contributed by atoms with Gasteiger partial charge >= 0.3 is 0 Å². The van der Waals surface area contributed by atoms with E-state index in [1.807, 2.05) is 73.7 Å². The summed E-state index contributed by atoms with van der Waals surface area (Å²) in [5, 5.41) is 6.86. The van der Waals surface area contributed by atoms with Crippen molar-refractivity contribution in [2.45, 2.75) is 6.92 Å². The summed E-state index contributed by atoms with van der Waals surface area (Å²) in [6, 6.07) is 21.3. The molecule has 5 nitrogen and oxygen atoms in total. The Balaban J connectivity index is 1.50. The largest absolute Gasteiger partial charge is 0.494 e. The maximum Gasteiger partial charge on any atom is 0.175 e. The van der Waals surface area contributed by atoms with Gasteiger partial charge in [-0.1, -0.05) is 12.1 Å². The minimum atomic E-state index is 0.507. The zero-order valence-corrected chi connectivity index (χ0v) is 15.6. The summed E-state index contributed by atoms with van der Waals surface area (Å²) in [5.74, 6) is 0.835. The number of rotatable bonds is 4. The van der Waals surface area contributed by atoms with Gasteiger partial charge in [0.25, 0.3) is 0 Å². The highest BCUT2D eigenvalue weighted by atomic mass is 32.1. The van der Waals surface area contributed by atoms with E-state index in [-0.39, 0.29) is 0 Å². The summed E-state index contributed by atoms with van der Waals surface area (Å²) >= 11 is 5.41. The minimum Gasteiger partial charge on any atom is -0.494 e. The van der Waals surface area contributed by atoms with Gasteiger partial charge in [0.2, 0.25) is 0 Å². The SMILES string of the molecule is CCOc1ccc(NC(=S)Nc2ccc3nc4ccccc4nc3c2)cc1. The van der Waals surface area contributed by atoms with Crippen LogP contribution < -0.4 is 15.4 Å². The van der Waals surface area contributed by atoms with Crippen LogP contribution in [0.3, 0.4) is 0 Å². The molecule has 0 atom stereocenters. The second-order valence-corrected chi connectivity index (χ2v) is 6.36. The lowest BCUT2D eigenvalue weighted by Gasteiger charge is -2.12. The Bertz CT molecular complexity index is 1110. The summed E-state index contributed by atoms with van der Waals surface area (Å²) in [5.41, 5.74) is 5.18. The summed E-state index contributed by atoms with van der Waals surface area (Å²) in [4.78, 5) is 9.32. The van der Waals surface area contributed by atoms with E-state index in [1.165, 1.54) is 0 Å². The highest BCUT2D eigenvalue weighted by molar-refractivity contribution is 7.80. The van der Waals surface area contributed by atoms with Crippen LogP contribution in [0.2, 0.25) is 0 Å². The fraction of sp³-hybridized carbons (Fsp3) is 0.0952. The van der Waals surface area contributed by atoms with Crippen molar-refractivity contribution in [3.05, 3.63) is 66.7 Å². The normalized spacial score (nSPS) is 10.7. The van der Waals surface area contributed by atoms with Crippen LogP contribution in [0.4, 0.5) is 11.4 Å². The first-order valence-corrected chi connectivity index (χ1v) is 9.09. The van der Waals surface area contributed by atoms with Crippen LogP contribution in [-0.4, -0.2) is 21.7 Å². The predicted octanol–water partition coefficient (Wildman–Crippen LogP) is 4.99. The van der Waals surface area contributed by atoms with Crippen molar-refractivity contribution in [2.75, 3.05) is 17.2 Å². The van der Waals surface area contributed by atoms with Gasteiger partial charge in [0, 0.05) is 11.4 Å². The van der Waals surface area contributed by atoms with E-state index in [0.29, 0.717) is 11.7 Å². The van der Waals surface area contributed by atoms with Crippen molar-refractivity contribution >= 4 is 50.8 Å². The van der Waals surface area contributed by atoms with Gasteiger partial charge in [-0.2, -0.15) is 0 Å². The fourth-order valence-electron chi connectivity index (χ4n) is 2.79. The first-order chi connectivity index (χ1) is 13.2. The maximum atomic E-state index is 5.44. The van der Waals surface area contributed by atoms with Gasteiger partial charge in [-0.25, -0.2) is 9.97 Å². The van der Waals surface area contributed by atoms with E-state index in [0.717, 1.165) is 39.2 Å². The lowest BCUT2D eigenvalue weighted by molar-refractivity contribution is 0.340. The maximum absolute atomic E-state index is 5.44. The minimum absolute atomic E-state index is 0.507. The van der Waals surface area contributed by atoms with Crippen molar-refractivity contribution in [3.63, 3.8) is 0 Å². The molecule has 0 radical (unpaired) electrons. The Labute approximate surface area is 162 Å². The standard InChI is InChI=1S/C21H18N4OS/c1-2-26-16-10-7-14(8-11-16)22-21(27)23-15-9-12-19-20(13-15)25-18-6-4-3-5-17(18)24-19/h3-13H,2H2,1H3,(H2,22,23,27). The molecule has 6 heteroatoms. The number of hydrogen-bond donors (Lipinski definition) is 2. The molecule has 27 heavy (non-hydrogen) atoms. The molecule has 1 heterocycles. The molecule has 1 aromatic heterocycles. The van der Waals surface area contributed by atoms with Crippen LogP contribution in [0.5, 0.6) is 5.75 Å². The highest BCUT2D eigenvalue weighted by Crippen LogP contribution is 2.20. The Morgan fingerprint density at radius 2 is 1.41 bits per heavy atom. The second kappa shape index (κ2) is 7.55. The second-order valence-electron chi connectivity index (χ2n) is 5.95. The number of nitrogens with one attached hydrogen (secondary N) is 2. The van der Waals surface area contributed by atoms with Gasteiger partial charge in [0.1, 0.15) is 5.75 Å². The average Bonchev–Trinajstić information content (AvgIpc) is 2.68. The van der Waals surface area contributed by atoms with Gasteiger partial charge in [0.05, 0.1) is 28.7 Å². The van der Waals surface area contributed by atoms with E-state index >= 15 is 0 Å². The molecule has 0 aliphatic heterocycles. The molecule has 0 unspecified atom stereocenters. The molecule has 4 rings (SSSR count). The number of benzene rings is 3. The van der Waals surface area contributed by atoms with Gasteiger partial charge in [-0.05, 0) is 73.7 Å². The van der Waals surface area contributed by atoms with Gasteiger partial charge in [0.15, 0.2) is 5.11 Å². The molecule has 0 aliphatic rings. The molecular formula is C21H18N4OS. The molecule has 0 fully saturated rings. The van der Waals surface area contributed by atoms with Gasteiger partial charge < -0.3 is 15.4 Å². The van der Waals surface area contributed by atoms with Crippen LogP contribution in [-0.2, 0) is 0 Å². The van der Waals surface area contributed by atoms with Crippen LogP contribution in [0.25, 0.3) is 22.1 Å². The third kappa shape index (κ3) is 3.96. The molecule has 0 saturated carbocycles. The zero-order valence-electron chi connectivity index (χ0n) is 14.8. The summed E-state index contributed by atoms with van der Waals surface area (Å²) in [6.07, 6.45) is 0. The van der Waals surface area contributed by atoms with E-state index < -0.39 is 0 Å². The van der Waals surface area contributed by atoms with Crippen molar-refractivity contribution < 1.29 is 4.74 Å². The summed E-state index contributed by atoms with van der Waals surface area (Å²) < 4.78 is 5.44. The molecule has 0 saturated heterocycles.